The highest BCUT2D eigenvalue weighted by Crippen LogP contribution is 2.20. The van der Waals surface area contributed by atoms with Crippen LogP contribution >= 0.6 is 12.2 Å². The average Bonchev–Trinajstić information content (AvgIpc) is 2.68. The first kappa shape index (κ1) is 15.4. The van der Waals surface area contributed by atoms with Crippen LogP contribution in [-0.2, 0) is 16.4 Å². The van der Waals surface area contributed by atoms with Gasteiger partial charge in [-0.1, -0.05) is 37.2 Å². The minimum Gasteiger partial charge on any atom is -0.393 e. The number of sulfonamides is 1. The number of benzene rings is 1. The number of nitrogens with two attached hydrogens (primary N) is 1. The first-order valence-corrected chi connectivity index (χ1v) is 8.72. The third-order valence-electron chi connectivity index (χ3n) is 3.50. The SMILES string of the molecule is NC(=S)Cc1ccc(S(=O)(=O)N2CCCCCC2)cc1. The number of hydrogen-bond acceptors (Lipinski definition) is 3. The molecule has 4 nitrogen and oxygen atoms in total. The fourth-order valence-electron chi connectivity index (χ4n) is 2.41. The molecule has 2 N–H and O–H groups in total. The minimum atomic E-state index is -3.36. The zero-order valence-corrected chi connectivity index (χ0v) is 13.0. The van der Waals surface area contributed by atoms with Crippen molar-refractivity contribution < 1.29 is 8.42 Å². The fraction of sp³-hybridized carbons (Fsp3) is 0.500. The molecule has 110 valence electrons. The van der Waals surface area contributed by atoms with Crippen LogP contribution in [0.4, 0.5) is 0 Å². The highest BCUT2D eigenvalue weighted by molar-refractivity contribution is 7.89. The standard InChI is InChI=1S/C14H20N2O2S2/c15-14(19)11-12-5-7-13(8-6-12)20(17,18)16-9-3-1-2-4-10-16/h5-8H,1-4,9-11H2,(H2,15,19). The molecule has 20 heavy (non-hydrogen) atoms. The molecule has 0 saturated carbocycles. The molecule has 1 heterocycles. The van der Waals surface area contributed by atoms with Crippen LogP contribution in [0.25, 0.3) is 0 Å². The molecular weight excluding hydrogens is 292 g/mol. The Morgan fingerprint density at radius 3 is 2.15 bits per heavy atom. The maximum Gasteiger partial charge on any atom is 0.243 e. The van der Waals surface area contributed by atoms with Gasteiger partial charge in [0.25, 0.3) is 0 Å². The molecule has 2 rings (SSSR count). The summed E-state index contributed by atoms with van der Waals surface area (Å²) < 4.78 is 26.7. The van der Waals surface area contributed by atoms with E-state index in [1.165, 1.54) is 0 Å². The molecule has 1 aromatic carbocycles. The largest absolute Gasteiger partial charge is 0.393 e. The van der Waals surface area contributed by atoms with E-state index in [9.17, 15) is 8.42 Å². The predicted molar refractivity (Wildman–Crippen MR) is 84.2 cm³/mol. The van der Waals surface area contributed by atoms with Crippen LogP contribution in [0.1, 0.15) is 31.2 Å². The normalized spacial score (nSPS) is 17.6. The van der Waals surface area contributed by atoms with E-state index in [-0.39, 0.29) is 0 Å². The molecule has 0 aliphatic carbocycles. The molecule has 6 heteroatoms. The molecule has 0 bridgehead atoms. The molecule has 1 aliphatic rings. The molecule has 0 atom stereocenters. The van der Waals surface area contributed by atoms with Crippen LogP contribution in [-0.4, -0.2) is 30.8 Å². The van der Waals surface area contributed by atoms with Gasteiger partial charge in [-0.15, -0.1) is 0 Å². The van der Waals surface area contributed by atoms with Gasteiger partial charge in [-0.2, -0.15) is 4.31 Å². The lowest BCUT2D eigenvalue weighted by atomic mass is 10.1. The first-order valence-electron chi connectivity index (χ1n) is 6.87. The van der Waals surface area contributed by atoms with Crippen molar-refractivity contribution in [2.24, 2.45) is 5.73 Å². The average molecular weight is 312 g/mol. The summed E-state index contributed by atoms with van der Waals surface area (Å²) in [4.78, 5) is 0.763. The Hall–Kier alpha value is -0.980. The van der Waals surface area contributed by atoms with Gasteiger partial charge in [-0.05, 0) is 30.5 Å². The Kier molecular flexibility index (Phi) is 5.12. The Bertz CT molecular complexity index is 559. The summed E-state index contributed by atoms with van der Waals surface area (Å²) >= 11 is 4.85. The van der Waals surface area contributed by atoms with Crippen LogP contribution in [0.5, 0.6) is 0 Å². The van der Waals surface area contributed by atoms with E-state index in [1.54, 1.807) is 28.6 Å². The van der Waals surface area contributed by atoms with Crippen molar-refractivity contribution in [3.63, 3.8) is 0 Å². The van der Waals surface area contributed by atoms with Crippen molar-refractivity contribution in [1.29, 1.82) is 0 Å². The second-order valence-electron chi connectivity index (χ2n) is 5.11. The van der Waals surface area contributed by atoms with Crippen molar-refractivity contribution >= 4 is 27.2 Å². The van der Waals surface area contributed by atoms with Crippen LogP contribution in [0.2, 0.25) is 0 Å². The molecule has 1 saturated heterocycles. The number of hydrogen-bond donors (Lipinski definition) is 1. The summed E-state index contributed by atoms with van der Waals surface area (Å²) in [7, 11) is -3.36. The lowest BCUT2D eigenvalue weighted by molar-refractivity contribution is 0.423. The molecule has 0 spiro atoms. The van der Waals surface area contributed by atoms with E-state index in [0.717, 1.165) is 31.2 Å². The maximum atomic E-state index is 12.5. The summed E-state index contributed by atoms with van der Waals surface area (Å²) in [6.07, 6.45) is 4.61. The van der Waals surface area contributed by atoms with E-state index in [2.05, 4.69) is 0 Å². The summed E-state index contributed by atoms with van der Waals surface area (Å²) in [5, 5.41) is 0. The first-order chi connectivity index (χ1) is 9.50. The fourth-order valence-corrected chi connectivity index (χ4v) is 4.10. The summed E-state index contributed by atoms with van der Waals surface area (Å²) in [5.41, 5.74) is 6.42. The van der Waals surface area contributed by atoms with Gasteiger partial charge in [0.2, 0.25) is 10.0 Å². The van der Waals surface area contributed by atoms with Crippen LogP contribution in [0.3, 0.4) is 0 Å². The minimum absolute atomic E-state index is 0.353. The Morgan fingerprint density at radius 2 is 1.65 bits per heavy atom. The summed E-state index contributed by atoms with van der Waals surface area (Å²) in [5.74, 6) is 0. The second-order valence-corrected chi connectivity index (χ2v) is 7.57. The molecule has 0 unspecified atom stereocenters. The number of nitrogens with zero attached hydrogens (tertiary/aromatic N) is 1. The second kappa shape index (κ2) is 6.65. The molecule has 0 amide bonds. The number of thiocarbonyl (C=S) groups is 1. The third-order valence-corrected chi connectivity index (χ3v) is 5.56. The molecule has 0 aromatic heterocycles. The predicted octanol–water partition coefficient (Wildman–Crippen LogP) is 2.08. The van der Waals surface area contributed by atoms with E-state index >= 15 is 0 Å². The van der Waals surface area contributed by atoms with Gasteiger partial charge in [-0.25, -0.2) is 8.42 Å². The van der Waals surface area contributed by atoms with Gasteiger partial charge in [0.05, 0.1) is 9.88 Å². The van der Waals surface area contributed by atoms with Crippen LogP contribution in [0, 0.1) is 0 Å². The maximum absolute atomic E-state index is 12.5. The third kappa shape index (κ3) is 3.77. The van der Waals surface area contributed by atoms with Gasteiger partial charge in [-0.3, -0.25) is 0 Å². The molecule has 1 aliphatic heterocycles. The molecule has 1 fully saturated rings. The van der Waals surface area contributed by atoms with Crippen molar-refractivity contribution in [2.45, 2.75) is 37.0 Å². The highest BCUT2D eigenvalue weighted by Gasteiger charge is 2.24. The zero-order chi connectivity index (χ0) is 14.6. The monoisotopic (exact) mass is 312 g/mol. The summed E-state index contributed by atoms with van der Waals surface area (Å²) in [6, 6.07) is 6.86. The lowest BCUT2D eigenvalue weighted by Crippen LogP contribution is -2.31. The Morgan fingerprint density at radius 1 is 1.10 bits per heavy atom. The van der Waals surface area contributed by atoms with E-state index in [4.69, 9.17) is 18.0 Å². The van der Waals surface area contributed by atoms with Crippen LogP contribution < -0.4 is 5.73 Å². The van der Waals surface area contributed by atoms with Crippen molar-refractivity contribution in [2.75, 3.05) is 13.1 Å². The van der Waals surface area contributed by atoms with Gasteiger partial charge >= 0.3 is 0 Å². The highest BCUT2D eigenvalue weighted by atomic mass is 32.2. The Labute approximate surface area is 126 Å². The molecule has 0 radical (unpaired) electrons. The zero-order valence-electron chi connectivity index (χ0n) is 11.4. The summed E-state index contributed by atoms with van der Waals surface area (Å²) in [6.45, 7) is 1.24. The topological polar surface area (TPSA) is 63.4 Å². The van der Waals surface area contributed by atoms with Crippen LogP contribution in [0.15, 0.2) is 29.2 Å². The quantitative estimate of drug-likeness (QED) is 0.865. The number of rotatable bonds is 4. The van der Waals surface area contributed by atoms with Gasteiger partial charge < -0.3 is 5.73 Å². The van der Waals surface area contributed by atoms with E-state index < -0.39 is 10.0 Å². The van der Waals surface area contributed by atoms with Crippen molar-refractivity contribution in [1.82, 2.24) is 4.31 Å². The molecule has 1 aromatic rings. The van der Waals surface area contributed by atoms with E-state index in [0.29, 0.717) is 29.4 Å². The van der Waals surface area contributed by atoms with E-state index in [1.807, 2.05) is 0 Å². The van der Waals surface area contributed by atoms with Gasteiger partial charge in [0, 0.05) is 19.5 Å². The van der Waals surface area contributed by atoms with Gasteiger partial charge in [0.15, 0.2) is 0 Å². The Balaban J connectivity index is 2.18. The van der Waals surface area contributed by atoms with Crippen molar-refractivity contribution in [3.8, 4) is 0 Å². The lowest BCUT2D eigenvalue weighted by Gasteiger charge is -2.20. The van der Waals surface area contributed by atoms with Crippen molar-refractivity contribution in [3.05, 3.63) is 29.8 Å². The van der Waals surface area contributed by atoms with Gasteiger partial charge in [0.1, 0.15) is 0 Å². The molecular formula is C14H20N2O2S2. The smallest absolute Gasteiger partial charge is 0.243 e.